The summed E-state index contributed by atoms with van der Waals surface area (Å²) < 4.78 is 7.66. The maximum atomic E-state index is 12.5. The van der Waals surface area contributed by atoms with Gasteiger partial charge in [-0.15, -0.1) is 0 Å². The van der Waals surface area contributed by atoms with Crippen molar-refractivity contribution in [3.8, 4) is 6.07 Å². The van der Waals surface area contributed by atoms with Crippen LogP contribution in [0.5, 0.6) is 0 Å². The van der Waals surface area contributed by atoms with E-state index < -0.39 is 0 Å². The number of nitrogens with one attached hydrogen (secondary N) is 1. The van der Waals surface area contributed by atoms with Crippen molar-refractivity contribution < 1.29 is 9.53 Å². The molecule has 128 valence electrons. The van der Waals surface area contributed by atoms with Crippen LogP contribution < -0.4 is 5.32 Å². The molecular weight excluding hydrogens is 302 g/mol. The number of carbonyl (C=O) groups is 1. The van der Waals surface area contributed by atoms with Gasteiger partial charge in [0, 0.05) is 18.3 Å². The Balaban J connectivity index is 1.48. The monoisotopic (exact) mass is 327 g/mol. The van der Waals surface area contributed by atoms with Crippen molar-refractivity contribution in [2.24, 2.45) is 11.8 Å². The summed E-state index contributed by atoms with van der Waals surface area (Å²) in [7, 11) is 0. The standard InChI is InChI=1S/C19H25N3O2/c1-2-24-19-9-14-6-15(10-19)8-18(7-14,13-19)21-12-17(23)22-5-3-4-16(22)11-20/h3-5,14-15,21H,2,6-10,12-13H2,1H3/t14-,15-,18?,19?/m0/s1. The highest BCUT2D eigenvalue weighted by atomic mass is 16.5. The van der Waals surface area contributed by atoms with E-state index in [9.17, 15) is 4.79 Å². The lowest BCUT2D eigenvalue weighted by atomic mass is 9.51. The molecule has 4 saturated carbocycles. The third-order valence-corrected chi connectivity index (χ3v) is 6.20. The van der Waals surface area contributed by atoms with Crippen molar-refractivity contribution in [2.45, 2.75) is 56.6 Å². The van der Waals surface area contributed by atoms with E-state index >= 15 is 0 Å². The lowest BCUT2D eigenvalue weighted by Gasteiger charge is -2.61. The minimum Gasteiger partial charge on any atom is -0.375 e. The molecule has 4 fully saturated rings. The first-order valence-electron chi connectivity index (χ1n) is 9.07. The largest absolute Gasteiger partial charge is 0.375 e. The Morgan fingerprint density at radius 2 is 2.17 bits per heavy atom. The quantitative estimate of drug-likeness (QED) is 0.903. The van der Waals surface area contributed by atoms with Gasteiger partial charge in [0.2, 0.25) is 5.91 Å². The normalized spacial score (nSPS) is 36.7. The van der Waals surface area contributed by atoms with Crippen LogP contribution in [-0.2, 0) is 4.74 Å². The van der Waals surface area contributed by atoms with Crippen LogP contribution in [0.2, 0.25) is 0 Å². The van der Waals surface area contributed by atoms with E-state index in [1.807, 2.05) is 0 Å². The molecule has 24 heavy (non-hydrogen) atoms. The topological polar surface area (TPSA) is 67.0 Å². The second kappa shape index (κ2) is 5.72. The van der Waals surface area contributed by atoms with Gasteiger partial charge in [-0.05, 0) is 69.4 Å². The number of carbonyl (C=O) groups excluding carboxylic acids is 1. The lowest BCUT2D eigenvalue weighted by molar-refractivity contribution is -0.172. The van der Waals surface area contributed by atoms with Crippen LogP contribution in [0.3, 0.4) is 0 Å². The molecule has 5 heteroatoms. The molecule has 4 aliphatic rings. The molecular formula is C19H25N3O2. The SMILES string of the molecule is CCOC12C[C@H]3C[C@@H](CC(NCC(=O)n4cccc4C#N)(C3)C1)C2. The van der Waals surface area contributed by atoms with Crippen LogP contribution in [0.15, 0.2) is 18.3 Å². The minimum absolute atomic E-state index is 0.0279. The smallest absolute Gasteiger partial charge is 0.245 e. The summed E-state index contributed by atoms with van der Waals surface area (Å²) in [6.45, 7) is 3.13. The predicted octanol–water partition coefficient (Wildman–Crippen LogP) is 2.72. The van der Waals surface area contributed by atoms with Gasteiger partial charge in [0.25, 0.3) is 0 Å². The lowest BCUT2D eigenvalue weighted by Crippen LogP contribution is -2.65. The number of nitrogens with zero attached hydrogens (tertiary/aromatic N) is 2. The predicted molar refractivity (Wildman–Crippen MR) is 89.5 cm³/mol. The van der Waals surface area contributed by atoms with Crippen molar-refractivity contribution in [3.63, 3.8) is 0 Å². The van der Waals surface area contributed by atoms with Crippen molar-refractivity contribution in [3.05, 3.63) is 24.0 Å². The van der Waals surface area contributed by atoms with Gasteiger partial charge in [-0.2, -0.15) is 5.26 Å². The first kappa shape index (κ1) is 15.9. The minimum atomic E-state index is -0.0576. The Morgan fingerprint density at radius 1 is 1.42 bits per heavy atom. The molecule has 1 aromatic rings. The Hall–Kier alpha value is -1.64. The Kier molecular flexibility index (Phi) is 3.78. The molecule has 4 bridgehead atoms. The summed E-state index contributed by atoms with van der Waals surface area (Å²) in [4.78, 5) is 12.5. The average molecular weight is 327 g/mol. The molecule has 1 aromatic heterocycles. The Labute approximate surface area is 143 Å². The molecule has 4 aliphatic carbocycles. The second-order valence-corrected chi connectivity index (χ2v) is 7.98. The number of hydrogen-bond donors (Lipinski definition) is 1. The fraction of sp³-hybridized carbons (Fsp3) is 0.684. The van der Waals surface area contributed by atoms with Gasteiger partial charge in [0.1, 0.15) is 11.8 Å². The van der Waals surface area contributed by atoms with Crippen LogP contribution >= 0.6 is 0 Å². The van der Waals surface area contributed by atoms with Crippen LogP contribution in [0.25, 0.3) is 0 Å². The average Bonchev–Trinajstić information content (AvgIpc) is 3.00. The van der Waals surface area contributed by atoms with Crippen molar-refractivity contribution in [2.75, 3.05) is 13.2 Å². The highest BCUT2D eigenvalue weighted by Gasteiger charge is 2.58. The zero-order valence-corrected chi connectivity index (χ0v) is 14.3. The molecule has 5 nitrogen and oxygen atoms in total. The molecule has 0 radical (unpaired) electrons. The summed E-state index contributed by atoms with van der Waals surface area (Å²) in [5, 5.41) is 12.7. The van der Waals surface area contributed by atoms with Crippen LogP contribution in [0.4, 0.5) is 0 Å². The number of nitriles is 1. The summed E-state index contributed by atoms with van der Waals surface area (Å²) in [5.41, 5.74) is 0.466. The van der Waals surface area contributed by atoms with Crippen molar-refractivity contribution in [1.82, 2.24) is 9.88 Å². The van der Waals surface area contributed by atoms with E-state index in [4.69, 9.17) is 10.00 Å². The molecule has 0 aliphatic heterocycles. The highest BCUT2D eigenvalue weighted by molar-refractivity contribution is 5.82. The number of ether oxygens (including phenoxy) is 1. The molecule has 0 aromatic carbocycles. The fourth-order valence-corrected chi connectivity index (χ4v) is 5.90. The first-order chi connectivity index (χ1) is 11.6. The van der Waals surface area contributed by atoms with Gasteiger partial charge in [-0.1, -0.05) is 0 Å². The zero-order valence-electron chi connectivity index (χ0n) is 14.3. The molecule has 0 amide bonds. The molecule has 5 rings (SSSR count). The number of rotatable bonds is 5. The van der Waals surface area contributed by atoms with Crippen molar-refractivity contribution >= 4 is 5.91 Å². The van der Waals surface area contributed by atoms with E-state index in [1.54, 1.807) is 18.3 Å². The zero-order chi connectivity index (χ0) is 16.8. The second-order valence-electron chi connectivity index (χ2n) is 7.98. The molecule has 1 N–H and O–H groups in total. The molecule has 0 saturated heterocycles. The highest BCUT2D eigenvalue weighted by Crippen LogP contribution is 2.58. The summed E-state index contributed by atoms with van der Waals surface area (Å²) in [5.74, 6) is 1.39. The summed E-state index contributed by atoms with van der Waals surface area (Å²) in [6, 6.07) is 5.48. The van der Waals surface area contributed by atoms with E-state index in [2.05, 4.69) is 18.3 Å². The van der Waals surface area contributed by atoms with Gasteiger partial charge in [0.05, 0.1) is 12.1 Å². The molecule has 0 unspecified atom stereocenters. The Bertz CT molecular complexity index is 673. The Morgan fingerprint density at radius 3 is 2.83 bits per heavy atom. The van der Waals surface area contributed by atoms with Gasteiger partial charge in [-0.25, -0.2) is 0 Å². The molecule has 1 heterocycles. The van der Waals surface area contributed by atoms with Gasteiger partial charge < -0.3 is 10.1 Å². The first-order valence-corrected chi connectivity index (χ1v) is 9.07. The number of hydrogen-bond acceptors (Lipinski definition) is 4. The van der Waals surface area contributed by atoms with E-state index in [1.165, 1.54) is 23.8 Å². The van der Waals surface area contributed by atoms with Crippen molar-refractivity contribution in [1.29, 1.82) is 5.26 Å². The maximum Gasteiger partial charge on any atom is 0.245 e. The third-order valence-electron chi connectivity index (χ3n) is 6.20. The third kappa shape index (κ3) is 2.58. The fourth-order valence-electron chi connectivity index (χ4n) is 5.90. The van der Waals surface area contributed by atoms with Gasteiger partial charge >= 0.3 is 0 Å². The number of aromatic nitrogens is 1. The molecule has 0 spiro atoms. The van der Waals surface area contributed by atoms with Crippen LogP contribution in [0, 0.1) is 23.2 Å². The van der Waals surface area contributed by atoms with Gasteiger partial charge in [0.15, 0.2) is 0 Å². The van der Waals surface area contributed by atoms with E-state index in [-0.39, 0.29) is 23.6 Å². The van der Waals surface area contributed by atoms with Gasteiger partial charge in [-0.3, -0.25) is 9.36 Å². The van der Waals surface area contributed by atoms with E-state index in [0.29, 0.717) is 5.69 Å². The summed E-state index contributed by atoms with van der Waals surface area (Å²) in [6.07, 6.45) is 8.69. The maximum absolute atomic E-state index is 12.5. The van der Waals surface area contributed by atoms with Crippen LogP contribution in [0.1, 0.15) is 55.9 Å². The van der Waals surface area contributed by atoms with Crippen LogP contribution in [-0.4, -0.2) is 34.8 Å². The molecule has 2 atom stereocenters. The van der Waals surface area contributed by atoms with E-state index in [0.717, 1.165) is 37.7 Å². The summed E-state index contributed by atoms with van der Waals surface area (Å²) >= 11 is 0.